The first-order valence-corrected chi connectivity index (χ1v) is 9.02. The predicted molar refractivity (Wildman–Crippen MR) is 112 cm³/mol. The molecule has 0 radical (unpaired) electrons. The second kappa shape index (κ2) is 9.94. The van der Waals surface area contributed by atoms with Crippen molar-refractivity contribution < 1.29 is 19.0 Å². The van der Waals surface area contributed by atoms with Crippen LogP contribution in [0.25, 0.3) is 0 Å². The average Bonchev–Trinajstić information content (AvgIpc) is 2.78. The van der Waals surface area contributed by atoms with E-state index >= 15 is 0 Å². The van der Waals surface area contributed by atoms with Gasteiger partial charge in [-0.2, -0.15) is 5.10 Å². The van der Waals surface area contributed by atoms with Crippen molar-refractivity contribution in [1.29, 1.82) is 0 Å². The Kier molecular flexibility index (Phi) is 6.84. The minimum absolute atomic E-state index is 0.307. The minimum atomic E-state index is -0.307. The van der Waals surface area contributed by atoms with Gasteiger partial charge in [0.25, 0.3) is 5.91 Å². The van der Waals surface area contributed by atoms with E-state index in [9.17, 15) is 4.79 Å². The van der Waals surface area contributed by atoms with Crippen LogP contribution in [0.1, 0.15) is 21.5 Å². The van der Waals surface area contributed by atoms with Crippen molar-refractivity contribution in [3.8, 4) is 17.2 Å². The molecule has 0 fully saturated rings. The van der Waals surface area contributed by atoms with Crippen molar-refractivity contribution in [2.75, 3.05) is 14.2 Å². The van der Waals surface area contributed by atoms with Crippen molar-refractivity contribution >= 4 is 12.1 Å². The Morgan fingerprint density at radius 2 is 1.69 bits per heavy atom. The third kappa shape index (κ3) is 5.59. The van der Waals surface area contributed by atoms with Crippen LogP contribution in [-0.4, -0.2) is 26.3 Å². The molecule has 3 aromatic carbocycles. The number of carbonyl (C=O) groups excluding carboxylic acids is 1. The van der Waals surface area contributed by atoms with Gasteiger partial charge in [0.05, 0.1) is 20.4 Å². The lowest BCUT2D eigenvalue weighted by Gasteiger charge is -2.11. The number of amides is 1. The zero-order valence-corrected chi connectivity index (χ0v) is 16.3. The average molecular weight is 390 g/mol. The molecule has 0 saturated carbocycles. The number of carbonyl (C=O) groups is 1. The third-order valence-electron chi connectivity index (χ3n) is 4.16. The van der Waals surface area contributed by atoms with E-state index in [1.54, 1.807) is 50.8 Å². The summed E-state index contributed by atoms with van der Waals surface area (Å²) in [4.78, 5) is 12.2. The first-order valence-electron chi connectivity index (χ1n) is 9.02. The summed E-state index contributed by atoms with van der Waals surface area (Å²) in [6.07, 6.45) is 1.55. The summed E-state index contributed by atoms with van der Waals surface area (Å²) in [6, 6.07) is 22.1. The summed E-state index contributed by atoms with van der Waals surface area (Å²) in [7, 11) is 3.17. The second-order valence-corrected chi connectivity index (χ2v) is 6.11. The zero-order valence-electron chi connectivity index (χ0n) is 16.3. The Hall–Kier alpha value is -3.80. The number of hydrogen-bond donors (Lipinski definition) is 1. The van der Waals surface area contributed by atoms with Gasteiger partial charge in [-0.1, -0.05) is 30.3 Å². The van der Waals surface area contributed by atoms with Gasteiger partial charge < -0.3 is 14.2 Å². The lowest BCUT2D eigenvalue weighted by Crippen LogP contribution is -2.17. The van der Waals surface area contributed by atoms with Gasteiger partial charge in [0.2, 0.25) is 0 Å². The Balaban J connectivity index is 1.64. The maximum absolute atomic E-state index is 12.2. The molecule has 0 aliphatic rings. The largest absolute Gasteiger partial charge is 0.497 e. The quantitative estimate of drug-likeness (QED) is 0.465. The fourth-order valence-corrected chi connectivity index (χ4v) is 2.59. The summed E-state index contributed by atoms with van der Waals surface area (Å²) in [6.45, 7) is 0.423. The molecular formula is C23H22N2O4. The van der Waals surface area contributed by atoms with Crippen molar-refractivity contribution in [2.45, 2.75) is 6.61 Å². The highest BCUT2D eigenvalue weighted by Crippen LogP contribution is 2.28. The number of nitrogens with one attached hydrogen (secondary N) is 1. The molecule has 1 amide bonds. The Morgan fingerprint density at radius 3 is 2.38 bits per heavy atom. The lowest BCUT2D eigenvalue weighted by molar-refractivity contribution is 0.0955. The molecule has 0 unspecified atom stereocenters. The third-order valence-corrected chi connectivity index (χ3v) is 4.16. The van der Waals surface area contributed by atoms with Crippen molar-refractivity contribution in [1.82, 2.24) is 5.43 Å². The number of hydrazone groups is 1. The maximum Gasteiger partial charge on any atom is 0.271 e. The normalized spacial score (nSPS) is 10.6. The van der Waals surface area contributed by atoms with E-state index in [1.165, 1.54) is 0 Å². The molecule has 6 nitrogen and oxygen atoms in total. The highest BCUT2D eigenvalue weighted by Gasteiger charge is 2.07. The van der Waals surface area contributed by atoms with Crippen molar-refractivity contribution in [3.05, 3.63) is 89.5 Å². The molecule has 148 valence electrons. The van der Waals surface area contributed by atoms with Crippen LogP contribution >= 0.6 is 0 Å². The molecule has 0 spiro atoms. The highest BCUT2D eigenvalue weighted by molar-refractivity contribution is 5.95. The fraction of sp³-hybridized carbons (Fsp3) is 0.130. The van der Waals surface area contributed by atoms with Crippen LogP contribution in [0.4, 0.5) is 0 Å². The predicted octanol–water partition coefficient (Wildman–Crippen LogP) is 4.05. The molecule has 0 aliphatic heterocycles. The molecule has 1 N–H and O–H groups in total. The van der Waals surface area contributed by atoms with Gasteiger partial charge in [0.15, 0.2) is 11.5 Å². The van der Waals surface area contributed by atoms with Crippen LogP contribution in [0.5, 0.6) is 17.2 Å². The van der Waals surface area contributed by atoms with Crippen LogP contribution in [0.2, 0.25) is 0 Å². The Morgan fingerprint density at radius 1 is 0.931 bits per heavy atom. The number of methoxy groups -OCH3 is 2. The van der Waals surface area contributed by atoms with Gasteiger partial charge in [-0.05, 0) is 53.6 Å². The first-order chi connectivity index (χ1) is 14.2. The van der Waals surface area contributed by atoms with E-state index < -0.39 is 0 Å². The molecule has 3 rings (SSSR count). The van der Waals surface area contributed by atoms with Gasteiger partial charge >= 0.3 is 0 Å². The van der Waals surface area contributed by atoms with Gasteiger partial charge in [0, 0.05) is 5.56 Å². The highest BCUT2D eigenvalue weighted by atomic mass is 16.5. The lowest BCUT2D eigenvalue weighted by atomic mass is 10.2. The standard InChI is InChI=1S/C23H22N2O4/c1-27-20-11-9-19(10-12-20)23(26)25-24-15-18-8-13-21(28-2)22(14-18)29-16-17-6-4-3-5-7-17/h3-15H,16H2,1-2H3,(H,25,26)/b24-15+. The minimum Gasteiger partial charge on any atom is -0.497 e. The number of nitrogens with zero attached hydrogens (tertiary/aromatic N) is 1. The summed E-state index contributed by atoms with van der Waals surface area (Å²) in [5, 5.41) is 4.02. The summed E-state index contributed by atoms with van der Waals surface area (Å²) in [5.41, 5.74) is 4.82. The number of ether oxygens (including phenoxy) is 3. The van der Waals surface area contributed by atoms with E-state index in [-0.39, 0.29) is 5.91 Å². The van der Waals surface area contributed by atoms with Gasteiger partial charge in [-0.3, -0.25) is 4.79 Å². The SMILES string of the molecule is COc1ccc(C(=O)N/N=C/c2ccc(OC)c(OCc3ccccc3)c2)cc1. The van der Waals surface area contributed by atoms with Crippen molar-refractivity contribution in [3.63, 3.8) is 0 Å². The maximum atomic E-state index is 12.2. The monoisotopic (exact) mass is 390 g/mol. The molecule has 29 heavy (non-hydrogen) atoms. The topological polar surface area (TPSA) is 69.2 Å². The smallest absolute Gasteiger partial charge is 0.271 e. The van der Waals surface area contributed by atoms with Gasteiger partial charge in [-0.15, -0.1) is 0 Å². The number of rotatable bonds is 8. The van der Waals surface area contributed by atoms with Crippen LogP contribution in [0.3, 0.4) is 0 Å². The molecule has 0 bridgehead atoms. The molecule has 0 aliphatic carbocycles. The van der Waals surface area contributed by atoms with Crippen LogP contribution in [0, 0.1) is 0 Å². The Bertz CT molecular complexity index is 970. The van der Waals surface area contributed by atoms with Crippen LogP contribution < -0.4 is 19.6 Å². The van der Waals surface area contributed by atoms with E-state index in [1.807, 2.05) is 42.5 Å². The molecular weight excluding hydrogens is 368 g/mol. The van der Waals surface area contributed by atoms with Crippen LogP contribution in [-0.2, 0) is 6.61 Å². The summed E-state index contributed by atoms with van der Waals surface area (Å²) in [5.74, 6) is 1.60. The van der Waals surface area contributed by atoms with E-state index in [2.05, 4.69) is 10.5 Å². The van der Waals surface area contributed by atoms with E-state index in [0.717, 1.165) is 11.1 Å². The van der Waals surface area contributed by atoms with Crippen molar-refractivity contribution in [2.24, 2.45) is 5.10 Å². The molecule has 0 atom stereocenters. The molecule has 3 aromatic rings. The van der Waals surface area contributed by atoms with Gasteiger partial charge in [-0.25, -0.2) is 5.43 Å². The number of hydrogen-bond acceptors (Lipinski definition) is 5. The summed E-state index contributed by atoms with van der Waals surface area (Å²) >= 11 is 0. The summed E-state index contributed by atoms with van der Waals surface area (Å²) < 4.78 is 16.3. The molecule has 0 saturated heterocycles. The fourth-order valence-electron chi connectivity index (χ4n) is 2.59. The van der Waals surface area contributed by atoms with E-state index in [4.69, 9.17) is 14.2 Å². The van der Waals surface area contributed by atoms with Crippen LogP contribution in [0.15, 0.2) is 77.9 Å². The molecule has 0 heterocycles. The number of benzene rings is 3. The molecule has 0 aromatic heterocycles. The Labute approximate surface area is 169 Å². The second-order valence-electron chi connectivity index (χ2n) is 6.11. The molecule has 6 heteroatoms. The first kappa shape index (κ1) is 19.9. The zero-order chi connectivity index (χ0) is 20.5. The van der Waals surface area contributed by atoms with Gasteiger partial charge in [0.1, 0.15) is 12.4 Å². The van der Waals surface area contributed by atoms with E-state index in [0.29, 0.717) is 29.4 Å².